The van der Waals surface area contributed by atoms with Gasteiger partial charge in [-0.25, -0.2) is 0 Å². The van der Waals surface area contributed by atoms with E-state index in [9.17, 15) is 9.90 Å². The third-order valence-electron chi connectivity index (χ3n) is 5.04. The van der Waals surface area contributed by atoms with Crippen LogP contribution in [0.15, 0.2) is 42.6 Å². The average Bonchev–Trinajstić information content (AvgIpc) is 2.71. The van der Waals surface area contributed by atoms with Crippen LogP contribution < -0.4 is 34.8 Å². The summed E-state index contributed by atoms with van der Waals surface area (Å²) in [6.07, 6.45) is 2.32. The Kier molecular flexibility index (Phi) is 7.64. The summed E-state index contributed by atoms with van der Waals surface area (Å²) in [6.45, 7) is 3.96. The van der Waals surface area contributed by atoms with Gasteiger partial charge in [0.2, 0.25) is 0 Å². The molecule has 29 heavy (non-hydrogen) atoms. The second-order valence-corrected chi connectivity index (χ2v) is 10.5. The molecule has 3 atom stereocenters. The predicted octanol–water partition coefficient (Wildman–Crippen LogP) is -0.413. The molecule has 6 nitrogen and oxygen atoms in total. The summed E-state index contributed by atoms with van der Waals surface area (Å²) < 4.78 is 6.08. The van der Waals surface area contributed by atoms with E-state index in [4.69, 9.17) is 4.74 Å². The quantitative estimate of drug-likeness (QED) is 0.270. The van der Waals surface area contributed by atoms with E-state index < -0.39 is 19.8 Å². The number of hydrogen-bond acceptors (Lipinski definition) is 6. The molecule has 0 saturated heterocycles. The van der Waals surface area contributed by atoms with Gasteiger partial charge in [-0.05, 0) is 0 Å². The number of thiol groups is 1. The van der Waals surface area contributed by atoms with Gasteiger partial charge in [-0.1, -0.05) is 0 Å². The number of rotatable bonds is 6. The number of aliphatic hydroxyl groups excluding tert-OH is 1. The molecule has 1 amide bonds. The van der Waals surface area contributed by atoms with Crippen LogP contribution in [0.5, 0.6) is 5.75 Å². The summed E-state index contributed by atoms with van der Waals surface area (Å²) in [5, 5.41) is 12.7. The first kappa shape index (κ1) is 22.2. The van der Waals surface area contributed by atoms with Crippen LogP contribution in [0.3, 0.4) is 0 Å². The van der Waals surface area contributed by atoms with Crippen LogP contribution in [0.1, 0.15) is 29.2 Å². The zero-order chi connectivity index (χ0) is 21.0. The Morgan fingerprint density at radius 1 is 1.38 bits per heavy atom. The number of hydrogen-bond donors (Lipinski definition) is 3. The van der Waals surface area contributed by atoms with Crippen molar-refractivity contribution < 1.29 is 34.5 Å². The van der Waals surface area contributed by atoms with Crippen LogP contribution in [-0.4, -0.2) is 41.7 Å². The maximum absolute atomic E-state index is 12.8. The van der Waals surface area contributed by atoms with Gasteiger partial charge >= 0.3 is 187 Å². The van der Waals surface area contributed by atoms with Crippen molar-refractivity contribution in [3.8, 4) is 5.75 Å². The van der Waals surface area contributed by atoms with Crippen molar-refractivity contribution in [2.75, 3.05) is 18.6 Å². The maximum atomic E-state index is 12.8. The molecule has 8 heteroatoms. The minimum atomic E-state index is -0.534. The third kappa shape index (κ3) is 5.16. The first-order valence-electron chi connectivity index (χ1n) is 9.56. The van der Waals surface area contributed by atoms with E-state index >= 15 is 0 Å². The molecule has 0 saturated carbocycles. The first-order valence-corrected chi connectivity index (χ1v) is 14.0. The molecule has 0 radical (unpaired) electrons. The second-order valence-electron chi connectivity index (χ2n) is 7.47. The number of amides is 1. The number of benzene rings is 1. The molecule has 1 aromatic carbocycles. The molecule has 1 aliphatic heterocycles. The van der Waals surface area contributed by atoms with E-state index in [1.54, 1.807) is 6.20 Å². The van der Waals surface area contributed by atoms with Gasteiger partial charge in [0.05, 0.1) is 0 Å². The van der Waals surface area contributed by atoms with Gasteiger partial charge < -0.3 is 0 Å². The standard InChI is InChI=1S/C21H27IN3O3S/c1-13(2)19-21(27)24-15(12-26)10-14-7-8-16(11-18(14)25(19)3)28-20(22-29)17-6-4-5-9-23-17/h4-9,11,13,15,19-20,26,29H,10,12H2,1-3H3,(H,24,27)/q-1/t15-,19-,20?/m0/s1. The Morgan fingerprint density at radius 2 is 2.17 bits per heavy atom. The number of nitrogens with one attached hydrogen (secondary N) is 1. The van der Waals surface area contributed by atoms with Crippen molar-refractivity contribution in [3.05, 3.63) is 53.9 Å². The molecule has 0 spiro atoms. The van der Waals surface area contributed by atoms with Crippen LogP contribution in [-0.2, 0) is 11.2 Å². The van der Waals surface area contributed by atoms with Crippen LogP contribution in [0.2, 0.25) is 0 Å². The van der Waals surface area contributed by atoms with Crippen LogP contribution in [0, 0.1) is 5.92 Å². The number of nitrogens with zero attached hydrogens (tertiary/aromatic N) is 2. The van der Waals surface area contributed by atoms with Crippen molar-refractivity contribution in [2.24, 2.45) is 5.92 Å². The van der Waals surface area contributed by atoms with Gasteiger partial charge in [-0.2, -0.15) is 0 Å². The fourth-order valence-electron chi connectivity index (χ4n) is 3.67. The summed E-state index contributed by atoms with van der Waals surface area (Å²) in [4.78, 5) is 19.2. The Hall–Kier alpha value is -1.52. The molecule has 158 valence electrons. The van der Waals surface area contributed by atoms with Crippen LogP contribution >= 0.6 is 9.80 Å². The van der Waals surface area contributed by atoms with Gasteiger partial charge in [0.1, 0.15) is 0 Å². The number of alkyl halides is 1. The van der Waals surface area contributed by atoms with Gasteiger partial charge in [0.25, 0.3) is 0 Å². The molecule has 2 N–H and O–H groups in total. The summed E-state index contributed by atoms with van der Waals surface area (Å²) >= 11 is -0.534. The fraction of sp³-hybridized carbons (Fsp3) is 0.429. The van der Waals surface area contributed by atoms with Crippen molar-refractivity contribution in [3.63, 3.8) is 0 Å². The van der Waals surface area contributed by atoms with E-state index in [2.05, 4.69) is 20.1 Å². The fourth-order valence-corrected chi connectivity index (χ4v) is 5.67. The zero-order valence-electron chi connectivity index (χ0n) is 16.7. The van der Waals surface area contributed by atoms with Crippen molar-refractivity contribution in [2.45, 2.75) is 36.5 Å². The van der Waals surface area contributed by atoms with Crippen molar-refractivity contribution in [1.82, 2.24) is 10.3 Å². The summed E-state index contributed by atoms with van der Waals surface area (Å²) in [7, 11) is 6.47. The molecule has 3 rings (SSSR count). The number of anilines is 1. The molecule has 2 heterocycles. The molecule has 1 aromatic heterocycles. The number of halogens is 1. The van der Waals surface area contributed by atoms with E-state index in [1.165, 1.54) is 0 Å². The average molecular weight is 528 g/mol. The number of aromatic nitrogens is 1. The summed E-state index contributed by atoms with van der Waals surface area (Å²) in [6, 6.07) is 11.1. The monoisotopic (exact) mass is 528 g/mol. The van der Waals surface area contributed by atoms with Gasteiger partial charge in [-0.15, -0.1) is 0 Å². The Bertz CT molecular complexity index is 837. The van der Waals surface area contributed by atoms with Crippen molar-refractivity contribution >= 4 is 21.4 Å². The zero-order valence-corrected chi connectivity index (χ0v) is 19.8. The molecule has 1 aliphatic rings. The van der Waals surface area contributed by atoms with E-state index in [-0.39, 0.29) is 34.6 Å². The molecular formula is C21H27IN3O3S-. The third-order valence-corrected chi connectivity index (χ3v) is 7.62. The molecule has 1 unspecified atom stereocenters. The number of aliphatic hydroxyl groups is 1. The van der Waals surface area contributed by atoms with E-state index in [0.717, 1.165) is 22.7 Å². The first-order chi connectivity index (χ1) is 13.9. The molecule has 2 aromatic rings. The van der Waals surface area contributed by atoms with Gasteiger partial charge in [0.15, 0.2) is 0 Å². The van der Waals surface area contributed by atoms with E-state index in [0.29, 0.717) is 6.42 Å². The number of carbonyl (C=O) groups is 1. The predicted molar refractivity (Wildman–Crippen MR) is 113 cm³/mol. The van der Waals surface area contributed by atoms with Crippen LogP contribution in [0.25, 0.3) is 0 Å². The Labute approximate surface area is 186 Å². The van der Waals surface area contributed by atoms with E-state index in [1.807, 2.05) is 62.2 Å². The number of fused-ring (bicyclic) bond motifs is 1. The number of carbonyl (C=O) groups excluding carboxylic acids is 1. The number of ether oxygens (including phenoxy) is 1. The topological polar surface area (TPSA) is 74.7 Å². The van der Waals surface area contributed by atoms with Gasteiger partial charge in [0, 0.05) is 0 Å². The molecule has 0 bridgehead atoms. The summed E-state index contributed by atoms with van der Waals surface area (Å²) in [5.41, 5.74) is 2.89. The summed E-state index contributed by atoms with van der Waals surface area (Å²) in [5.74, 6) is 0.773. The van der Waals surface area contributed by atoms with Crippen LogP contribution in [0.4, 0.5) is 5.69 Å². The SMILES string of the molecule is CC(C)[C@H]1C(=O)N[C@H](CO)Cc2ccc(OC([I-]S)c3ccccn3)cc2N1C. The Morgan fingerprint density at radius 3 is 2.79 bits per heavy atom. The van der Waals surface area contributed by atoms with Crippen molar-refractivity contribution in [1.29, 1.82) is 0 Å². The number of pyridine rings is 1. The normalized spacial score (nSPS) is 20.6. The molecule has 0 aliphatic carbocycles. The second kappa shape index (κ2) is 9.99. The van der Waals surface area contributed by atoms with Gasteiger partial charge in [-0.3, -0.25) is 0 Å². The molecular weight excluding hydrogens is 501 g/mol. The molecule has 0 fully saturated rings. The Balaban J connectivity index is 1.95. The number of likely N-dealkylation sites (N-methyl/N-ethyl adjacent to an activating group) is 1. The minimum absolute atomic E-state index is 0.0638.